The van der Waals surface area contributed by atoms with Crippen LogP contribution in [0.2, 0.25) is 0 Å². The van der Waals surface area contributed by atoms with Gasteiger partial charge < -0.3 is 5.73 Å². The average molecular weight is 309 g/mol. The third kappa shape index (κ3) is 3.95. The Labute approximate surface area is 125 Å². The van der Waals surface area contributed by atoms with Crippen molar-refractivity contribution in [2.75, 3.05) is 5.75 Å². The van der Waals surface area contributed by atoms with E-state index >= 15 is 0 Å². The number of halogens is 2. The second-order valence-electron chi connectivity index (χ2n) is 4.79. The fourth-order valence-corrected chi connectivity index (χ4v) is 3.14. The second kappa shape index (κ2) is 6.91. The van der Waals surface area contributed by atoms with Gasteiger partial charge in [0.2, 0.25) is 0 Å². The van der Waals surface area contributed by atoms with Gasteiger partial charge in [-0.1, -0.05) is 31.2 Å². The van der Waals surface area contributed by atoms with Crippen molar-refractivity contribution in [2.24, 2.45) is 5.73 Å². The molecule has 0 saturated carbocycles. The number of rotatable bonds is 5. The summed E-state index contributed by atoms with van der Waals surface area (Å²) in [6, 6.07) is 10.6. The van der Waals surface area contributed by atoms with Gasteiger partial charge in [0.1, 0.15) is 0 Å². The lowest BCUT2D eigenvalue weighted by Gasteiger charge is -2.12. The second-order valence-corrected chi connectivity index (χ2v) is 6.29. The van der Waals surface area contributed by atoms with E-state index in [-0.39, 0.29) is 10.6 Å². The van der Waals surface area contributed by atoms with Gasteiger partial charge in [-0.15, -0.1) is 0 Å². The maximum Gasteiger partial charge on any atom is 0.160 e. The van der Waals surface area contributed by atoms with E-state index in [9.17, 15) is 13.0 Å². The van der Waals surface area contributed by atoms with Crippen LogP contribution in [0.1, 0.15) is 24.1 Å². The van der Waals surface area contributed by atoms with E-state index in [1.54, 1.807) is 0 Å². The summed E-state index contributed by atoms with van der Waals surface area (Å²) < 4.78 is 38.2. The molecule has 112 valence electrons. The molecule has 21 heavy (non-hydrogen) atoms. The van der Waals surface area contributed by atoms with Gasteiger partial charge in [-0.05, 0) is 35.7 Å². The molecule has 0 spiro atoms. The van der Waals surface area contributed by atoms with Crippen LogP contribution in [0.4, 0.5) is 8.78 Å². The third-order valence-electron chi connectivity index (χ3n) is 3.30. The first-order chi connectivity index (χ1) is 10.0. The molecule has 0 aliphatic heterocycles. The molecule has 2 atom stereocenters. The van der Waals surface area contributed by atoms with Crippen LogP contribution in [-0.2, 0) is 17.2 Å². The van der Waals surface area contributed by atoms with E-state index < -0.39 is 28.5 Å². The number of hydrogen-bond donors (Lipinski definition) is 1. The van der Waals surface area contributed by atoms with Gasteiger partial charge in [0.15, 0.2) is 11.6 Å². The Bertz CT molecular complexity index is 643. The lowest BCUT2D eigenvalue weighted by molar-refractivity contribution is 0.505. The zero-order valence-electron chi connectivity index (χ0n) is 11.7. The molecule has 0 heterocycles. The molecule has 0 aliphatic carbocycles. The van der Waals surface area contributed by atoms with Gasteiger partial charge in [0, 0.05) is 16.7 Å². The highest BCUT2D eigenvalue weighted by atomic mass is 32.2. The van der Waals surface area contributed by atoms with Crippen LogP contribution >= 0.6 is 0 Å². The summed E-state index contributed by atoms with van der Waals surface area (Å²) in [5.74, 6) is -1.78. The summed E-state index contributed by atoms with van der Waals surface area (Å²) in [6.45, 7) is 2.06. The maximum atomic E-state index is 13.1. The molecule has 0 fully saturated rings. The quantitative estimate of drug-likeness (QED) is 0.920. The number of hydrogen-bond acceptors (Lipinski definition) is 2. The monoisotopic (exact) mass is 309 g/mol. The van der Waals surface area contributed by atoms with Crippen LogP contribution in [0.15, 0.2) is 47.4 Å². The first kappa shape index (κ1) is 15.8. The topological polar surface area (TPSA) is 43.1 Å². The molecular weight excluding hydrogens is 292 g/mol. The summed E-state index contributed by atoms with van der Waals surface area (Å²) in [5, 5.41) is 0. The van der Waals surface area contributed by atoms with Gasteiger partial charge in [-0.25, -0.2) is 8.78 Å². The van der Waals surface area contributed by atoms with Crippen molar-refractivity contribution in [3.63, 3.8) is 0 Å². The number of benzene rings is 2. The number of nitrogens with two attached hydrogens (primary N) is 1. The molecule has 2 unspecified atom stereocenters. The zero-order chi connectivity index (χ0) is 15.4. The van der Waals surface area contributed by atoms with E-state index in [0.29, 0.717) is 0 Å². The summed E-state index contributed by atoms with van der Waals surface area (Å²) in [4.78, 5) is 0.245. The predicted molar refractivity (Wildman–Crippen MR) is 80.4 cm³/mol. The molecule has 2 aromatic carbocycles. The molecule has 0 amide bonds. The van der Waals surface area contributed by atoms with E-state index in [1.807, 2.05) is 24.3 Å². The fraction of sp³-hybridized carbons (Fsp3) is 0.250. The minimum atomic E-state index is -1.47. The Morgan fingerprint density at radius 3 is 2.33 bits per heavy atom. The smallest absolute Gasteiger partial charge is 0.160 e. The highest BCUT2D eigenvalue weighted by molar-refractivity contribution is 7.85. The van der Waals surface area contributed by atoms with Gasteiger partial charge >= 0.3 is 0 Å². The first-order valence-electron chi connectivity index (χ1n) is 6.69. The van der Waals surface area contributed by atoms with Crippen LogP contribution < -0.4 is 5.73 Å². The Balaban J connectivity index is 2.08. The van der Waals surface area contributed by atoms with Gasteiger partial charge in [-0.2, -0.15) is 0 Å². The maximum absolute atomic E-state index is 13.1. The Kier molecular flexibility index (Phi) is 5.20. The predicted octanol–water partition coefficient (Wildman–Crippen LogP) is 3.33. The molecule has 2 rings (SSSR count). The lowest BCUT2D eigenvalue weighted by atomic mass is 10.1. The van der Waals surface area contributed by atoms with Crippen molar-refractivity contribution in [1.82, 2.24) is 0 Å². The molecule has 0 aliphatic rings. The molecule has 0 radical (unpaired) electrons. The normalized spacial score (nSPS) is 13.9. The van der Waals surface area contributed by atoms with Crippen molar-refractivity contribution >= 4 is 10.8 Å². The Hall–Kier alpha value is -1.59. The van der Waals surface area contributed by atoms with Crippen molar-refractivity contribution in [3.8, 4) is 0 Å². The standard InChI is InChI=1S/C16H17F2NOS/c1-2-11-3-5-12(6-4-11)16(19)10-21(20)13-7-8-14(17)15(18)9-13/h3-9,16H,2,10,19H2,1H3. The molecule has 2 nitrogen and oxygen atoms in total. The molecular formula is C16H17F2NOS. The molecule has 2 N–H and O–H groups in total. The molecule has 0 saturated heterocycles. The molecule has 2 aromatic rings. The molecule has 0 bridgehead atoms. The summed E-state index contributed by atoms with van der Waals surface area (Å²) >= 11 is 0. The van der Waals surface area contributed by atoms with Crippen molar-refractivity contribution in [3.05, 3.63) is 65.2 Å². The SMILES string of the molecule is CCc1ccc(C(N)CS(=O)c2ccc(F)c(F)c2)cc1. The largest absolute Gasteiger partial charge is 0.323 e. The van der Waals surface area contributed by atoms with Crippen molar-refractivity contribution in [1.29, 1.82) is 0 Å². The van der Waals surface area contributed by atoms with Gasteiger partial charge in [-0.3, -0.25) is 4.21 Å². The van der Waals surface area contributed by atoms with Crippen molar-refractivity contribution < 1.29 is 13.0 Å². The fourth-order valence-electron chi connectivity index (χ4n) is 1.97. The average Bonchev–Trinajstić information content (AvgIpc) is 2.50. The van der Waals surface area contributed by atoms with Crippen LogP contribution in [-0.4, -0.2) is 9.96 Å². The van der Waals surface area contributed by atoms with Gasteiger partial charge in [0.05, 0.1) is 10.8 Å². The van der Waals surface area contributed by atoms with Crippen LogP contribution in [0.3, 0.4) is 0 Å². The first-order valence-corrected chi connectivity index (χ1v) is 8.01. The highest BCUT2D eigenvalue weighted by Crippen LogP contribution is 2.18. The zero-order valence-corrected chi connectivity index (χ0v) is 12.5. The van der Waals surface area contributed by atoms with Gasteiger partial charge in [0.25, 0.3) is 0 Å². The van der Waals surface area contributed by atoms with Crippen LogP contribution in [0.5, 0.6) is 0 Å². The van der Waals surface area contributed by atoms with E-state index in [2.05, 4.69) is 6.92 Å². The van der Waals surface area contributed by atoms with Crippen molar-refractivity contribution in [2.45, 2.75) is 24.3 Å². The lowest BCUT2D eigenvalue weighted by Crippen LogP contribution is -2.18. The number of aryl methyl sites for hydroxylation is 1. The molecule has 5 heteroatoms. The van der Waals surface area contributed by atoms with E-state index in [4.69, 9.17) is 5.73 Å². The third-order valence-corrected chi connectivity index (χ3v) is 4.74. The minimum absolute atomic E-state index is 0.163. The highest BCUT2D eigenvalue weighted by Gasteiger charge is 2.14. The minimum Gasteiger partial charge on any atom is -0.323 e. The Morgan fingerprint density at radius 2 is 1.76 bits per heavy atom. The van der Waals surface area contributed by atoms with Crippen LogP contribution in [0, 0.1) is 11.6 Å². The van der Waals surface area contributed by atoms with Crippen LogP contribution in [0.25, 0.3) is 0 Å². The van der Waals surface area contributed by atoms with E-state index in [1.165, 1.54) is 11.6 Å². The summed E-state index contributed by atoms with van der Waals surface area (Å²) in [6.07, 6.45) is 0.941. The summed E-state index contributed by atoms with van der Waals surface area (Å²) in [5.41, 5.74) is 8.11. The van der Waals surface area contributed by atoms with E-state index in [0.717, 1.165) is 24.1 Å². The molecule has 0 aromatic heterocycles. The Morgan fingerprint density at radius 1 is 1.10 bits per heavy atom. The summed E-state index contributed by atoms with van der Waals surface area (Å²) in [7, 11) is -1.47.